The van der Waals surface area contributed by atoms with Crippen LogP contribution in [0.4, 0.5) is 0 Å². The quantitative estimate of drug-likeness (QED) is 0.570. The van der Waals surface area contributed by atoms with E-state index in [1.165, 1.54) is 12.5 Å². The minimum absolute atomic E-state index is 0.361. The summed E-state index contributed by atoms with van der Waals surface area (Å²) >= 11 is 0. The zero-order chi connectivity index (χ0) is 11.8. The van der Waals surface area contributed by atoms with Gasteiger partial charge in [0.1, 0.15) is 11.8 Å². The molecule has 0 unspecified atom stereocenters. The summed E-state index contributed by atoms with van der Waals surface area (Å²) < 4.78 is 9.48. The highest BCUT2D eigenvalue weighted by atomic mass is 16.3. The van der Waals surface area contributed by atoms with Gasteiger partial charge in [-0.25, -0.2) is 0 Å². The van der Waals surface area contributed by atoms with Crippen molar-refractivity contribution in [1.29, 1.82) is 5.26 Å². The monoisotopic (exact) mass is 215 g/mol. The van der Waals surface area contributed by atoms with Gasteiger partial charge in [0.2, 0.25) is 0 Å². The number of hydrogen-bond donors (Lipinski definition) is 0. The minimum atomic E-state index is 0.361. The van der Waals surface area contributed by atoms with E-state index < -0.39 is 0 Å². The van der Waals surface area contributed by atoms with Crippen LogP contribution in [0.25, 0.3) is 5.57 Å². The summed E-state index contributed by atoms with van der Waals surface area (Å²) in [6.45, 7) is 3.46. The number of carbonyl (C=O) groups excluding carboxylic acids is 1. The molecule has 0 spiro atoms. The lowest BCUT2D eigenvalue weighted by molar-refractivity contribution is 0.110. The first-order valence-corrected chi connectivity index (χ1v) is 4.39. The lowest BCUT2D eigenvalue weighted by Gasteiger charge is -1.83. The fourth-order valence-corrected chi connectivity index (χ4v) is 0.864. The second-order valence-corrected chi connectivity index (χ2v) is 2.70. The van der Waals surface area contributed by atoms with Crippen molar-refractivity contribution < 1.29 is 13.6 Å². The topological polar surface area (TPSA) is 67.1 Å². The Morgan fingerprint density at radius 3 is 2.38 bits per heavy atom. The van der Waals surface area contributed by atoms with Gasteiger partial charge in [-0.2, -0.15) is 5.26 Å². The number of hydrogen-bond acceptors (Lipinski definition) is 4. The van der Waals surface area contributed by atoms with E-state index in [1.807, 2.05) is 6.07 Å². The Morgan fingerprint density at radius 2 is 2.00 bits per heavy atom. The van der Waals surface area contributed by atoms with E-state index in [1.54, 1.807) is 24.3 Å². The van der Waals surface area contributed by atoms with Crippen LogP contribution in [0.5, 0.6) is 0 Å². The Kier molecular flexibility index (Phi) is 4.35. The van der Waals surface area contributed by atoms with Crippen LogP contribution in [-0.4, -0.2) is 6.29 Å². The molecule has 0 saturated carbocycles. The van der Waals surface area contributed by atoms with Gasteiger partial charge in [0.25, 0.3) is 0 Å². The van der Waals surface area contributed by atoms with Crippen molar-refractivity contribution in [1.82, 2.24) is 0 Å². The number of carbonyl (C=O) groups is 1. The molecule has 0 aromatic carbocycles. The van der Waals surface area contributed by atoms with Crippen molar-refractivity contribution in [2.75, 3.05) is 0 Å². The van der Waals surface area contributed by atoms with Gasteiger partial charge in [0, 0.05) is 0 Å². The molecule has 0 radical (unpaired) electrons. The molecule has 2 aromatic heterocycles. The van der Waals surface area contributed by atoms with E-state index in [0.29, 0.717) is 23.4 Å². The number of allylic oxidation sites excluding steroid dienone is 1. The van der Waals surface area contributed by atoms with Crippen LogP contribution in [0.15, 0.2) is 52.2 Å². The number of nitriles is 1. The maximum Gasteiger partial charge on any atom is 0.185 e. The third-order valence-corrected chi connectivity index (χ3v) is 1.61. The van der Waals surface area contributed by atoms with E-state index in [0.717, 1.165) is 0 Å². The normalized spacial score (nSPS) is 8.44. The number of nitrogens with zero attached hydrogens (tertiary/aromatic N) is 1. The zero-order valence-electron chi connectivity index (χ0n) is 8.42. The van der Waals surface area contributed by atoms with Gasteiger partial charge in [0.15, 0.2) is 12.0 Å². The predicted octanol–water partition coefficient (Wildman–Crippen LogP) is 2.91. The van der Waals surface area contributed by atoms with Gasteiger partial charge < -0.3 is 8.83 Å². The highest BCUT2D eigenvalue weighted by molar-refractivity contribution is 5.71. The molecule has 0 saturated heterocycles. The van der Waals surface area contributed by atoms with Crippen molar-refractivity contribution >= 4 is 11.9 Å². The molecule has 0 aliphatic heterocycles. The Bertz CT molecular complexity index is 475. The molecule has 0 bridgehead atoms. The van der Waals surface area contributed by atoms with E-state index in [-0.39, 0.29) is 0 Å². The van der Waals surface area contributed by atoms with Crippen LogP contribution in [0.1, 0.15) is 16.3 Å². The summed E-state index contributed by atoms with van der Waals surface area (Å²) in [6.07, 6.45) is 3.64. The maximum atomic E-state index is 9.77. The van der Waals surface area contributed by atoms with Gasteiger partial charge in [-0.15, -0.1) is 0 Å². The lowest BCUT2D eigenvalue weighted by Crippen LogP contribution is -1.69. The molecule has 2 heterocycles. The predicted molar refractivity (Wildman–Crippen MR) is 57.5 cm³/mol. The highest BCUT2D eigenvalue weighted by Gasteiger charge is 1.96. The molecule has 4 nitrogen and oxygen atoms in total. The Labute approximate surface area is 92.4 Å². The van der Waals surface area contributed by atoms with Crippen molar-refractivity contribution in [2.45, 2.75) is 0 Å². The molecule has 0 atom stereocenters. The summed E-state index contributed by atoms with van der Waals surface area (Å²) in [5.41, 5.74) is 0.361. The van der Waals surface area contributed by atoms with Crippen LogP contribution < -0.4 is 0 Å². The van der Waals surface area contributed by atoms with Crippen molar-refractivity contribution in [3.63, 3.8) is 0 Å². The fraction of sp³-hybridized carbons (Fsp3) is 0. The third-order valence-electron chi connectivity index (χ3n) is 1.61. The molecule has 0 N–H and O–H groups in total. The number of rotatable bonds is 2. The first-order chi connectivity index (χ1) is 7.77. The molecule has 16 heavy (non-hydrogen) atoms. The van der Waals surface area contributed by atoms with Crippen LogP contribution in [0.3, 0.4) is 0 Å². The first kappa shape index (κ1) is 11.5. The maximum absolute atomic E-state index is 9.77. The molecule has 80 valence electrons. The molecule has 0 aliphatic rings. The molecule has 4 heteroatoms. The highest BCUT2D eigenvalue weighted by Crippen LogP contribution is 2.09. The summed E-state index contributed by atoms with van der Waals surface area (Å²) in [7, 11) is 0. The molecular weight excluding hydrogens is 206 g/mol. The summed E-state index contributed by atoms with van der Waals surface area (Å²) in [6, 6.07) is 8.57. The SMILES string of the molecule is C=C(C#N)c1ccco1.O=Cc1ccco1. The fourth-order valence-electron chi connectivity index (χ4n) is 0.864. The van der Waals surface area contributed by atoms with Crippen molar-refractivity contribution in [2.24, 2.45) is 0 Å². The molecule has 0 amide bonds. The van der Waals surface area contributed by atoms with E-state index >= 15 is 0 Å². The van der Waals surface area contributed by atoms with Crippen molar-refractivity contribution in [3.8, 4) is 6.07 Å². The second kappa shape index (κ2) is 6.04. The van der Waals surface area contributed by atoms with Gasteiger partial charge in [-0.3, -0.25) is 4.79 Å². The summed E-state index contributed by atoms with van der Waals surface area (Å²) in [5, 5.41) is 8.30. The minimum Gasteiger partial charge on any atom is -0.464 e. The van der Waals surface area contributed by atoms with E-state index in [2.05, 4.69) is 11.0 Å². The van der Waals surface area contributed by atoms with Crippen LogP contribution in [-0.2, 0) is 0 Å². The standard InChI is InChI=1S/C7H5NO.C5H4O2/c1-6(5-8)7-3-2-4-9-7;6-4-5-2-1-3-7-5/h2-4H,1H2;1-4H. The lowest BCUT2D eigenvalue weighted by atomic mass is 10.3. The second-order valence-electron chi connectivity index (χ2n) is 2.70. The molecular formula is C12H9NO3. The molecule has 0 aliphatic carbocycles. The summed E-state index contributed by atoms with van der Waals surface area (Å²) in [4.78, 5) is 9.77. The Morgan fingerprint density at radius 1 is 1.31 bits per heavy atom. The van der Waals surface area contributed by atoms with Crippen LogP contribution in [0.2, 0.25) is 0 Å². The van der Waals surface area contributed by atoms with Gasteiger partial charge in [-0.05, 0) is 24.3 Å². The van der Waals surface area contributed by atoms with E-state index in [4.69, 9.17) is 9.68 Å². The zero-order valence-corrected chi connectivity index (χ0v) is 8.42. The average molecular weight is 215 g/mol. The number of furan rings is 2. The van der Waals surface area contributed by atoms with E-state index in [9.17, 15) is 4.79 Å². The Hall–Kier alpha value is -2.54. The average Bonchev–Trinajstić information content (AvgIpc) is 3.01. The Balaban J connectivity index is 0.000000165. The molecule has 0 fully saturated rings. The largest absolute Gasteiger partial charge is 0.464 e. The van der Waals surface area contributed by atoms with Crippen LogP contribution >= 0.6 is 0 Å². The van der Waals surface area contributed by atoms with Gasteiger partial charge in [-0.1, -0.05) is 6.58 Å². The summed E-state index contributed by atoms with van der Waals surface area (Å²) in [5.74, 6) is 0.914. The van der Waals surface area contributed by atoms with Crippen LogP contribution in [0, 0.1) is 11.3 Å². The van der Waals surface area contributed by atoms with Gasteiger partial charge >= 0.3 is 0 Å². The smallest absolute Gasteiger partial charge is 0.185 e. The van der Waals surface area contributed by atoms with Crippen molar-refractivity contribution in [3.05, 3.63) is 54.9 Å². The van der Waals surface area contributed by atoms with Gasteiger partial charge in [0.05, 0.1) is 18.1 Å². The number of aldehydes is 1. The third kappa shape index (κ3) is 3.31. The molecule has 2 aromatic rings. The first-order valence-electron chi connectivity index (χ1n) is 4.39. The molecule has 2 rings (SSSR count).